The predicted octanol–water partition coefficient (Wildman–Crippen LogP) is 4.12. The molecule has 0 heterocycles. The Balaban J connectivity index is 0.000001000. The first kappa shape index (κ1) is 12.1. The van der Waals surface area contributed by atoms with E-state index in [2.05, 4.69) is 44.0 Å². The monoisotopic (exact) mass is 370 g/mol. The van der Waals surface area contributed by atoms with Crippen LogP contribution in [0.3, 0.4) is 0 Å². The van der Waals surface area contributed by atoms with Crippen molar-refractivity contribution >= 4 is 31.9 Å². The van der Waals surface area contributed by atoms with E-state index in [-0.39, 0.29) is 20.4 Å². The Hall–Kier alpha value is 1.10. The minimum absolute atomic E-state index is 0. The molecule has 0 N–H and O–H groups in total. The smallest absolute Gasteiger partial charge is 0.0882 e. The van der Waals surface area contributed by atoms with Gasteiger partial charge in [0.05, 0.1) is 0 Å². The van der Waals surface area contributed by atoms with E-state index in [9.17, 15) is 0 Å². The Kier molecular flexibility index (Phi) is 7.26. The Morgan fingerprint density at radius 3 is 1.64 bits per heavy atom. The molecular weight excluding hydrogens is 362 g/mol. The first-order valence-corrected chi connectivity index (χ1v) is 5.07. The van der Waals surface area contributed by atoms with Gasteiger partial charge in [0.15, 0.2) is 0 Å². The van der Waals surface area contributed by atoms with E-state index >= 15 is 0 Å². The topological polar surface area (TPSA) is 0 Å². The third-order valence-electron chi connectivity index (χ3n) is 1.52. The van der Waals surface area contributed by atoms with Crippen LogP contribution in [0.5, 0.6) is 0 Å². The van der Waals surface area contributed by atoms with Gasteiger partial charge in [-0.05, 0) is 25.7 Å². The summed E-state index contributed by atoms with van der Waals surface area (Å²) in [7, 11) is 0. The third kappa shape index (κ3) is 4.63. The zero-order valence-corrected chi connectivity index (χ0v) is 10.8. The molecule has 0 aromatic rings. The Morgan fingerprint density at radius 1 is 0.909 bits per heavy atom. The van der Waals surface area contributed by atoms with Gasteiger partial charge in [0, 0.05) is 8.96 Å². The second-order valence-electron chi connectivity index (χ2n) is 2.36. The molecule has 11 heavy (non-hydrogen) atoms. The van der Waals surface area contributed by atoms with Crippen LogP contribution in [0.15, 0.2) is 21.1 Å². The molecule has 1 aliphatic carbocycles. The van der Waals surface area contributed by atoms with Crippen molar-refractivity contribution in [2.45, 2.75) is 25.7 Å². The molecule has 0 atom stereocenters. The van der Waals surface area contributed by atoms with E-state index in [1.165, 1.54) is 8.96 Å². The van der Waals surface area contributed by atoms with Gasteiger partial charge in [-0.1, -0.05) is 44.0 Å². The second kappa shape index (κ2) is 6.60. The molecule has 0 spiro atoms. The summed E-state index contributed by atoms with van der Waals surface area (Å²) >= 11 is 7.07. The molecule has 0 bridgehead atoms. The van der Waals surface area contributed by atoms with Crippen LogP contribution in [0.1, 0.15) is 25.7 Å². The van der Waals surface area contributed by atoms with E-state index in [4.69, 9.17) is 0 Å². The van der Waals surface area contributed by atoms with Gasteiger partial charge < -0.3 is 0 Å². The zero-order valence-electron chi connectivity index (χ0n) is 6.06. The van der Waals surface area contributed by atoms with Crippen LogP contribution in [-0.2, 0) is 20.4 Å². The standard InChI is InChI=1S/C8H10Br2.Pd/c9-7-5-3-1-2-4-6-8(7)10;/h1-2H,3-6H2;/q;+2. The fourth-order valence-electron chi connectivity index (χ4n) is 0.927. The maximum atomic E-state index is 3.54. The van der Waals surface area contributed by atoms with Gasteiger partial charge in [0.1, 0.15) is 0 Å². The summed E-state index contributed by atoms with van der Waals surface area (Å²) in [6, 6.07) is 0. The van der Waals surface area contributed by atoms with Gasteiger partial charge in [-0.15, -0.1) is 0 Å². The first-order valence-electron chi connectivity index (χ1n) is 3.48. The van der Waals surface area contributed by atoms with E-state index in [0.717, 1.165) is 25.7 Å². The normalized spacial score (nSPS) is 18.7. The average molecular weight is 372 g/mol. The molecule has 0 aliphatic heterocycles. The third-order valence-corrected chi connectivity index (χ3v) is 3.80. The van der Waals surface area contributed by atoms with Crippen molar-refractivity contribution < 1.29 is 20.4 Å². The van der Waals surface area contributed by atoms with E-state index in [1.54, 1.807) is 0 Å². The minimum atomic E-state index is 0. The number of hydrogen-bond acceptors (Lipinski definition) is 0. The van der Waals surface area contributed by atoms with Crippen molar-refractivity contribution in [1.82, 2.24) is 0 Å². The molecule has 0 saturated carbocycles. The maximum Gasteiger partial charge on any atom is 2.00 e. The molecule has 1 rings (SSSR count). The van der Waals surface area contributed by atoms with Crippen LogP contribution in [0.4, 0.5) is 0 Å². The molecule has 0 radical (unpaired) electrons. The van der Waals surface area contributed by atoms with Crippen molar-refractivity contribution in [3.63, 3.8) is 0 Å². The van der Waals surface area contributed by atoms with E-state index < -0.39 is 0 Å². The van der Waals surface area contributed by atoms with Gasteiger partial charge >= 0.3 is 20.4 Å². The van der Waals surface area contributed by atoms with Gasteiger partial charge in [-0.2, -0.15) is 0 Å². The summed E-state index contributed by atoms with van der Waals surface area (Å²) in [5.74, 6) is 0. The molecule has 1 aliphatic rings. The Bertz CT molecular complexity index is 155. The van der Waals surface area contributed by atoms with Gasteiger partial charge in [-0.25, -0.2) is 0 Å². The number of hydrogen-bond donors (Lipinski definition) is 0. The molecule has 0 amide bonds. The molecule has 0 aromatic heterocycles. The summed E-state index contributed by atoms with van der Waals surface area (Å²) in [5, 5.41) is 0. The maximum absolute atomic E-state index is 3.54. The van der Waals surface area contributed by atoms with E-state index in [1.807, 2.05) is 0 Å². The van der Waals surface area contributed by atoms with Crippen LogP contribution in [0.25, 0.3) is 0 Å². The van der Waals surface area contributed by atoms with Crippen LogP contribution < -0.4 is 0 Å². The fourth-order valence-corrected chi connectivity index (χ4v) is 1.78. The summed E-state index contributed by atoms with van der Waals surface area (Å²) < 4.78 is 2.66. The molecular formula is C8H10Br2Pd+2. The van der Waals surface area contributed by atoms with Crippen molar-refractivity contribution in [2.24, 2.45) is 0 Å². The van der Waals surface area contributed by atoms with Crippen LogP contribution >= 0.6 is 31.9 Å². The Morgan fingerprint density at radius 2 is 1.27 bits per heavy atom. The fraction of sp³-hybridized carbons (Fsp3) is 0.500. The summed E-state index contributed by atoms with van der Waals surface area (Å²) in [6.07, 6.45) is 9.10. The summed E-state index contributed by atoms with van der Waals surface area (Å²) in [5.41, 5.74) is 0. The quantitative estimate of drug-likeness (QED) is 0.443. The molecule has 3 heteroatoms. The molecule has 0 aromatic carbocycles. The number of rotatable bonds is 0. The first-order chi connectivity index (χ1) is 4.80. The predicted molar refractivity (Wildman–Crippen MR) is 52.5 cm³/mol. The average Bonchev–Trinajstić information content (AvgIpc) is 1.92. The second-order valence-corrected chi connectivity index (χ2v) is 4.27. The summed E-state index contributed by atoms with van der Waals surface area (Å²) in [6.45, 7) is 0. The number of halogens is 2. The van der Waals surface area contributed by atoms with Crippen LogP contribution in [-0.4, -0.2) is 0 Å². The van der Waals surface area contributed by atoms with Gasteiger partial charge in [-0.3, -0.25) is 0 Å². The molecule has 0 unspecified atom stereocenters. The SMILES string of the molecule is BrC1=C(Br)CCC=CCC1.[Pd+2]. The van der Waals surface area contributed by atoms with Crippen molar-refractivity contribution in [3.05, 3.63) is 21.1 Å². The van der Waals surface area contributed by atoms with Crippen LogP contribution in [0.2, 0.25) is 0 Å². The summed E-state index contributed by atoms with van der Waals surface area (Å²) in [4.78, 5) is 0. The van der Waals surface area contributed by atoms with Crippen molar-refractivity contribution in [3.8, 4) is 0 Å². The van der Waals surface area contributed by atoms with Crippen LogP contribution in [0, 0.1) is 0 Å². The largest absolute Gasteiger partial charge is 2.00 e. The van der Waals surface area contributed by atoms with Crippen molar-refractivity contribution in [2.75, 3.05) is 0 Å². The number of allylic oxidation sites excluding steroid dienone is 4. The molecule has 0 saturated heterocycles. The molecule has 64 valence electrons. The van der Waals surface area contributed by atoms with Gasteiger partial charge in [0.25, 0.3) is 0 Å². The Labute approximate surface area is 98.4 Å². The molecule has 0 fully saturated rings. The van der Waals surface area contributed by atoms with Crippen molar-refractivity contribution in [1.29, 1.82) is 0 Å². The minimum Gasteiger partial charge on any atom is -0.0882 e. The van der Waals surface area contributed by atoms with E-state index in [0.29, 0.717) is 0 Å². The molecule has 0 nitrogen and oxygen atoms in total. The van der Waals surface area contributed by atoms with Gasteiger partial charge in [0.2, 0.25) is 0 Å². The zero-order chi connectivity index (χ0) is 7.40.